The number of ketones is 1. The Morgan fingerprint density at radius 1 is 1.08 bits per heavy atom. The van der Waals surface area contributed by atoms with Crippen LogP contribution in [0, 0.1) is 0 Å². The van der Waals surface area contributed by atoms with E-state index in [4.69, 9.17) is 4.74 Å². The number of thiazole rings is 1. The molecule has 0 radical (unpaired) electrons. The zero-order valence-corrected chi connectivity index (χ0v) is 15.3. The minimum absolute atomic E-state index is 0.0526. The van der Waals surface area contributed by atoms with E-state index in [1.54, 1.807) is 35.6 Å². The van der Waals surface area contributed by atoms with Crippen molar-refractivity contribution in [3.63, 3.8) is 0 Å². The lowest BCUT2D eigenvalue weighted by Crippen LogP contribution is -2.23. The summed E-state index contributed by atoms with van der Waals surface area (Å²) in [7, 11) is 0. The molecule has 0 aliphatic carbocycles. The fourth-order valence-electron chi connectivity index (χ4n) is 2.53. The summed E-state index contributed by atoms with van der Waals surface area (Å²) in [6.45, 7) is 2.88. The third-order valence-electron chi connectivity index (χ3n) is 3.84. The van der Waals surface area contributed by atoms with Crippen LogP contribution in [-0.2, 0) is 11.3 Å². The Labute approximate surface area is 156 Å². The highest BCUT2D eigenvalue weighted by atomic mass is 32.1. The van der Waals surface area contributed by atoms with E-state index in [1.807, 2.05) is 31.2 Å². The van der Waals surface area contributed by atoms with E-state index >= 15 is 0 Å². The van der Waals surface area contributed by atoms with Gasteiger partial charge in [-0.25, -0.2) is 4.98 Å². The molecule has 0 unspecified atom stereocenters. The molecule has 134 valence electrons. The summed E-state index contributed by atoms with van der Waals surface area (Å²) >= 11 is 1.56. The van der Waals surface area contributed by atoms with Gasteiger partial charge in [0.1, 0.15) is 10.8 Å². The first-order valence-corrected chi connectivity index (χ1v) is 9.34. The largest absolute Gasteiger partial charge is 0.494 e. The van der Waals surface area contributed by atoms with Crippen LogP contribution in [0.25, 0.3) is 10.2 Å². The number of benzene rings is 2. The summed E-state index contributed by atoms with van der Waals surface area (Å²) in [4.78, 5) is 28.7. The fourth-order valence-corrected chi connectivity index (χ4v) is 3.44. The normalized spacial score (nSPS) is 10.7. The van der Waals surface area contributed by atoms with Crippen molar-refractivity contribution in [2.45, 2.75) is 26.3 Å². The fraction of sp³-hybridized carbons (Fsp3) is 0.250. The van der Waals surface area contributed by atoms with Crippen molar-refractivity contribution in [3.8, 4) is 5.75 Å². The van der Waals surface area contributed by atoms with Crippen LogP contribution in [-0.4, -0.2) is 23.3 Å². The zero-order valence-electron chi connectivity index (χ0n) is 14.5. The van der Waals surface area contributed by atoms with Crippen LogP contribution in [0.1, 0.15) is 35.1 Å². The average Bonchev–Trinajstić information content (AvgIpc) is 3.08. The SMILES string of the molecule is CCOc1ccc(C(=O)CCC(=O)NCc2nc3ccccc3s2)cc1. The van der Waals surface area contributed by atoms with Crippen molar-refractivity contribution in [1.82, 2.24) is 10.3 Å². The van der Waals surface area contributed by atoms with Gasteiger partial charge in [0.15, 0.2) is 5.78 Å². The highest BCUT2D eigenvalue weighted by Gasteiger charge is 2.10. The monoisotopic (exact) mass is 368 g/mol. The molecule has 2 aromatic carbocycles. The van der Waals surface area contributed by atoms with Crippen molar-refractivity contribution >= 4 is 33.2 Å². The van der Waals surface area contributed by atoms with E-state index in [0.29, 0.717) is 18.7 Å². The Morgan fingerprint density at radius 3 is 2.58 bits per heavy atom. The first-order valence-electron chi connectivity index (χ1n) is 8.53. The number of fused-ring (bicyclic) bond motifs is 1. The number of rotatable bonds is 8. The molecule has 3 aromatic rings. The number of ether oxygens (including phenoxy) is 1. The molecule has 0 bridgehead atoms. The second-order valence-corrected chi connectivity index (χ2v) is 6.85. The molecule has 1 amide bonds. The summed E-state index contributed by atoms with van der Waals surface area (Å²) in [6.07, 6.45) is 0.344. The highest BCUT2D eigenvalue weighted by molar-refractivity contribution is 7.18. The summed E-state index contributed by atoms with van der Waals surface area (Å²) in [5, 5.41) is 3.69. The zero-order chi connectivity index (χ0) is 18.4. The Kier molecular flexibility index (Phi) is 5.96. The molecule has 1 heterocycles. The molecular formula is C20H20N2O3S. The maximum Gasteiger partial charge on any atom is 0.220 e. The molecule has 0 aliphatic rings. The van der Waals surface area contributed by atoms with Crippen molar-refractivity contribution in [1.29, 1.82) is 0 Å². The number of Topliss-reactive ketones (excluding diaryl/α,β-unsaturated/α-hetero) is 1. The van der Waals surface area contributed by atoms with E-state index in [2.05, 4.69) is 10.3 Å². The Bertz CT molecular complexity index is 870. The summed E-state index contributed by atoms with van der Waals surface area (Å²) < 4.78 is 6.45. The van der Waals surface area contributed by atoms with E-state index in [1.165, 1.54) is 0 Å². The van der Waals surface area contributed by atoms with Crippen LogP contribution in [0.5, 0.6) is 5.75 Å². The molecule has 0 saturated carbocycles. The predicted octanol–water partition coefficient (Wildman–Crippen LogP) is 3.97. The number of nitrogens with zero attached hydrogens (tertiary/aromatic N) is 1. The highest BCUT2D eigenvalue weighted by Crippen LogP contribution is 2.21. The molecule has 3 rings (SSSR count). The molecule has 1 aromatic heterocycles. The van der Waals surface area contributed by atoms with Crippen molar-refractivity contribution in [2.75, 3.05) is 6.61 Å². The van der Waals surface area contributed by atoms with Crippen molar-refractivity contribution in [2.24, 2.45) is 0 Å². The molecule has 0 atom stereocenters. The Balaban J connectivity index is 1.46. The smallest absolute Gasteiger partial charge is 0.220 e. The maximum atomic E-state index is 12.2. The van der Waals surface area contributed by atoms with Gasteiger partial charge in [0.25, 0.3) is 0 Å². The molecule has 5 nitrogen and oxygen atoms in total. The van der Waals surface area contributed by atoms with Crippen LogP contribution in [0.4, 0.5) is 0 Å². The maximum absolute atomic E-state index is 12.2. The summed E-state index contributed by atoms with van der Waals surface area (Å²) in [5.74, 6) is 0.532. The van der Waals surface area contributed by atoms with Gasteiger partial charge in [-0.15, -0.1) is 11.3 Å². The van der Waals surface area contributed by atoms with Crippen molar-refractivity contribution < 1.29 is 14.3 Å². The van der Waals surface area contributed by atoms with Crippen LogP contribution in [0.3, 0.4) is 0 Å². The van der Waals surface area contributed by atoms with E-state index in [-0.39, 0.29) is 24.5 Å². The van der Waals surface area contributed by atoms with E-state index in [0.717, 1.165) is 21.0 Å². The van der Waals surface area contributed by atoms with Gasteiger partial charge in [-0.2, -0.15) is 0 Å². The second-order valence-electron chi connectivity index (χ2n) is 5.73. The molecule has 0 spiro atoms. The third-order valence-corrected chi connectivity index (χ3v) is 4.88. The lowest BCUT2D eigenvalue weighted by Gasteiger charge is -2.05. The predicted molar refractivity (Wildman–Crippen MR) is 103 cm³/mol. The Hall–Kier alpha value is -2.73. The minimum Gasteiger partial charge on any atom is -0.494 e. The molecule has 0 fully saturated rings. The van der Waals surface area contributed by atoms with Gasteiger partial charge in [-0.1, -0.05) is 12.1 Å². The standard InChI is InChI=1S/C20H20N2O3S/c1-2-25-15-9-7-14(8-10-15)17(23)11-12-19(24)21-13-20-22-16-5-3-4-6-18(16)26-20/h3-10H,2,11-13H2,1H3,(H,21,24). The van der Waals surface area contributed by atoms with Gasteiger partial charge >= 0.3 is 0 Å². The summed E-state index contributed by atoms with van der Waals surface area (Å²) in [6, 6.07) is 14.9. The second kappa shape index (κ2) is 8.58. The van der Waals surface area contributed by atoms with E-state index in [9.17, 15) is 9.59 Å². The molecule has 0 aliphatic heterocycles. The summed E-state index contributed by atoms with van der Waals surface area (Å²) in [5.41, 5.74) is 1.53. The van der Waals surface area contributed by atoms with E-state index < -0.39 is 0 Å². The number of carbonyl (C=O) groups is 2. The lowest BCUT2D eigenvalue weighted by atomic mass is 10.1. The first kappa shape index (κ1) is 18.1. The topological polar surface area (TPSA) is 68.3 Å². The number of para-hydroxylation sites is 1. The molecule has 26 heavy (non-hydrogen) atoms. The van der Waals surface area contributed by atoms with Gasteiger partial charge in [-0.3, -0.25) is 9.59 Å². The number of hydrogen-bond acceptors (Lipinski definition) is 5. The van der Waals surface area contributed by atoms with Gasteiger partial charge in [0.2, 0.25) is 5.91 Å². The van der Waals surface area contributed by atoms with Gasteiger partial charge < -0.3 is 10.1 Å². The number of aromatic nitrogens is 1. The lowest BCUT2D eigenvalue weighted by molar-refractivity contribution is -0.121. The Morgan fingerprint density at radius 2 is 1.85 bits per heavy atom. The quantitative estimate of drug-likeness (QED) is 0.611. The first-order chi connectivity index (χ1) is 12.7. The third kappa shape index (κ3) is 4.67. The van der Waals surface area contributed by atoms with Crippen LogP contribution in [0.2, 0.25) is 0 Å². The van der Waals surface area contributed by atoms with Gasteiger partial charge in [0.05, 0.1) is 23.4 Å². The number of amides is 1. The molecule has 6 heteroatoms. The van der Waals surface area contributed by atoms with Crippen LogP contribution < -0.4 is 10.1 Å². The van der Waals surface area contributed by atoms with Gasteiger partial charge in [0, 0.05) is 18.4 Å². The average molecular weight is 368 g/mol. The molecular weight excluding hydrogens is 348 g/mol. The molecule has 1 N–H and O–H groups in total. The number of nitrogens with one attached hydrogen (secondary N) is 1. The van der Waals surface area contributed by atoms with Crippen LogP contribution >= 0.6 is 11.3 Å². The molecule has 0 saturated heterocycles. The van der Waals surface area contributed by atoms with Crippen LogP contribution in [0.15, 0.2) is 48.5 Å². The number of hydrogen-bond donors (Lipinski definition) is 1. The minimum atomic E-state index is -0.149. The van der Waals surface area contributed by atoms with Crippen molar-refractivity contribution in [3.05, 3.63) is 59.1 Å². The van der Waals surface area contributed by atoms with Gasteiger partial charge in [-0.05, 0) is 43.3 Å². The number of carbonyl (C=O) groups excluding carboxylic acids is 2.